The number of para-hydroxylation sites is 2. The van der Waals surface area contributed by atoms with E-state index in [2.05, 4.69) is 26.1 Å². The average molecular weight is 441 g/mol. The summed E-state index contributed by atoms with van der Waals surface area (Å²) in [6.07, 6.45) is 0. The van der Waals surface area contributed by atoms with Gasteiger partial charge in [0.15, 0.2) is 0 Å². The third-order valence-electron chi connectivity index (χ3n) is 5.58. The maximum absolute atomic E-state index is 13.6. The van der Waals surface area contributed by atoms with E-state index in [1.54, 1.807) is 0 Å². The van der Waals surface area contributed by atoms with E-state index >= 15 is 0 Å². The topological polar surface area (TPSA) is 58.6 Å². The molecule has 0 bridgehead atoms. The van der Waals surface area contributed by atoms with Crippen LogP contribution >= 0.6 is 0 Å². The molecule has 0 saturated heterocycles. The number of carbonyl (C=O) groups excluding carboxylic acids is 2. The molecule has 0 saturated carbocycles. The summed E-state index contributed by atoms with van der Waals surface area (Å²) in [4.78, 5) is 28.4. The Bertz CT molecular complexity index is 1210. The minimum Gasteiger partial charge on any atom is -0.492 e. The van der Waals surface area contributed by atoms with Crippen LogP contribution in [0.3, 0.4) is 0 Å². The Morgan fingerprint density at radius 1 is 0.818 bits per heavy atom. The zero-order valence-electron chi connectivity index (χ0n) is 19.4. The smallest absolute Gasteiger partial charge is 0.282 e. The van der Waals surface area contributed by atoms with E-state index in [0.29, 0.717) is 34.9 Å². The van der Waals surface area contributed by atoms with Gasteiger partial charge < -0.3 is 10.1 Å². The van der Waals surface area contributed by atoms with Crippen molar-refractivity contribution in [1.82, 2.24) is 0 Å². The number of anilines is 2. The van der Waals surface area contributed by atoms with Gasteiger partial charge in [-0.15, -0.1) is 0 Å². The summed E-state index contributed by atoms with van der Waals surface area (Å²) >= 11 is 0. The first kappa shape index (κ1) is 22.3. The lowest BCUT2D eigenvalue weighted by atomic mass is 9.87. The van der Waals surface area contributed by atoms with Crippen molar-refractivity contribution in [3.8, 4) is 5.75 Å². The minimum atomic E-state index is -0.395. The van der Waals surface area contributed by atoms with Gasteiger partial charge in [0.05, 0.1) is 23.6 Å². The van der Waals surface area contributed by atoms with Crippen LogP contribution in [-0.2, 0) is 15.0 Å². The first-order valence-electron chi connectivity index (χ1n) is 11.1. The molecule has 1 heterocycles. The summed E-state index contributed by atoms with van der Waals surface area (Å²) in [6, 6.07) is 24.2. The van der Waals surface area contributed by atoms with Crippen LogP contribution < -0.4 is 15.0 Å². The molecule has 0 radical (unpaired) electrons. The molecule has 1 aliphatic rings. The van der Waals surface area contributed by atoms with E-state index in [1.807, 2.05) is 85.8 Å². The second-order valence-corrected chi connectivity index (χ2v) is 8.91. The van der Waals surface area contributed by atoms with Gasteiger partial charge >= 0.3 is 0 Å². The summed E-state index contributed by atoms with van der Waals surface area (Å²) in [5.74, 6) is -0.132. The van der Waals surface area contributed by atoms with Crippen molar-refractivity contribution >= 4 is 28.8 Å². The fourth-order valence-corrected chi connectivity index (χ4v) is 3.85. The number of carbonyl (C=O) groups is 2. The number of hydrogen-bond donors (Lipinski definition) is 1. The quantitative estimate of drug-likeness (QED) is 0.494. The summed E-state index contributed by atoms with van der Waals surface area (Å²) in [5.41, 5.74) is 3.53. The van der Waals surface area contributed by atoms with Crippen LogP contribution in [-0.4, -0.2) is 18.4 Å². The first-order valence-corrected chi connectivity index (χ1v) is 11.1. The minimum absolute atomic E-state index is 0.0271. The Balaban J connectivity index is 1.78. The molecule has 5 heteroatoms. The van der Waals surface area contributed by atoms with E-state index in [1.165, 1.54) is 4.90 Å². The third-order valence-corrected chi connectivity index (χ3v) is 5.58. The number of ether oxygens (including phenoxy) is 1. The molecule has 1 aliphatic heterocycles. The van der Waals surface area contributed by atoms with Crippen LogP contribution in [0.4, 0.5) is 11.4 Å². The fourth-order valence-electron chi connectivity index (χ4n) is 3.85. The lowest BCUT2D eigenvalue weighted by Crippen LogP contribution is -2.32. The van der Waals surface area contributed by atoms with E-state index < -0.39 is 5.91 Å². The normalized spacial score (nSPS) is 14.1. The van der Waals surface area contributed by atoms with E-state index in [9.17, 15) is 9.59 Å². The number of amides is 2. The molecule has 33 heavy (non-hydrogen) atoms. The van der Waals surface area contributed by atoms with Crippen LogP contribution in [0.2, 0.25) is 0 Å². The van der Waals surface area contributed by atoms with Gasteiger partial charge in [0.25, 0.3) is 11.8 Å². The summed E-state index contributed by atoms with van der Waals surface area (Å²) in [5, 5.41) is 3.20. The first-order chi connectivity index (χ1) is 15.8. The molecule has 1 N–H and O–H groups in total. The summed E-state index contributed by atoms with van der Waals surface area (Å²) in [7, 11) is 0. The second-order valence-electron chi connectivity index (χ2n) is 8.91. The van der Waals surface area contributed by atoms with Gasteiger partial charge in [0, 0.05) is 0 Å². The predicted molar refractivity (Wildman–Crippen MR) is 132 cm³/mol. The molecular formula is C28H28N2O3. The largest absolute Gasteiger partial charge is 0.492 e. The van der Waals surface area contributed by atoms with E-state index in [-0.39, 0.29) is 17.0 Å². The zero-order chi connectivity index (χ0) is 23.6. The van der Waals surface area contributed by atoms with Crippen molar-refractivity contribution in [1.29, 1.82) is 0 Å². The van der Waals surface area contributed by atoms with Gasteiger partial charge in [-0.3, -0.25) is 9.59 Å². The molecule has 5 nitrogen and oxygen atoms in total. The molecule has 0 unspecified atom stereocenters. The molecule has 3 aromatic carbocycles. The standard InChI is InChI=1S/C28H28N2O3/c1-5-33-23-14-10-9-13-22(23)29-25-24(19-11-7-6-8-12-19)26(31)30(27(25)32)21-17-15-20(16-18-21)28(2,3)4/h6-18,29H,5H2,1-4H3. The summed E-state index contributed by atoms with van der Waals surface area (Å²) in [6.45, 7) is 8.77. The van der Waals surface area contributed by atoms with Gasteiger partial charge in [-0.05, 0) is 47.7 Å². The van der Waals surface area contributed by atoms with Gasteiger partial charge in [-0.25, -0.2) is 4.90 Å². The van der Waals surface area contributed by atoms with E-state index in [4.69, 9.17) is 4.74 Å². The highest BCUT2D eigenvalue weighted by molar-refractivity contribution is 6.46. The molecule has 0 fully saturated rings. The lowest BCUT2D eigenvalue weighted by Gasteiger charge is -2.21. The van der Waals surface area contributed by atoms with Crippen molar-refractivity contribution in [3.05, 3.63) is 95.7 Å². The SMILES string of the molecule is CCOc1ccccc1NC1=C(c2ccccc2)C(=O)N(c2ccc(C(C)(C)C)cc2)C1=O. The number of nitrogens with one attached hydrogen (secondary N) is 1. The molecule has 2 amide bonds. The Labute approximate surface area is 194 Å². The highest BCUT2D eigenvalue weighted by atomic mass is 16.5. The zero-order valence-corrected chi connectivity index (χ0v) is 19.4. The van der Waals surface area contributed by atoms with Crippen molar-refractivity contribution in [3.63, 3.8) is 0 Å². The van der Waals surface area contributed by atoms with Crippen LogP contribution in [0.25, 0.3) is 5.57 Å². The number of rotatable bonds is 6. The predicted octanol–water partition coefficient (Wildman–Crippen LogP) is 5.78. The van der Waals surface area contributed by atoms with Crippen LogP contribution in [0.5, 0.6) is 5.75 Å². The molecule has 3 aromatic rings. The van der Waals surface area contributed by atoms with Crippen molar-refractivity contribution < 1.29 is 14.3 Å². The van der Waals surface area contributed by atoms with Crippen LogP contribution in [0.15, 0.2) is 84.6 Å². The molecule has 168 valence electrons. The maximum atomic E-state index is 13.6. The number of imide groups is 1. The second kappa shape index (κ2) is 8.94. The average Bonchev–Trinajstić information content (AvgIpc) is 3.04. The Morgan fingerprint density at radius 3 is 2.09 bits per heavy atom. The Kier molecular flexibility index (Phi) is 6.05. The van der Waals surface area contributed by atoms with Crippen molar-refractivity contribution in [2.45, 2.75) is 33.1 Å². The van der Waals surface area contributed by atoms with Gasteiger partial charge in [0.2, 0.25) is 0 Å². The van der Waals surface area contributed by atoms with Crippen LogP contribution in [0.1, 0.15) is 38.8 Å². The molecular weight excluding hydrogens is 412 g/mol. The van der Waals surface area contributed by atoms with Gasteiger partial charge in [-0.1, -0.05) is 75.4 Å². The Morgan fingerprint density at radius 2 is 1.45 bits per heavy atom. The van der Waals surface area contributed by atoms with Crippen LogP contribution in [0, 0.1) is 0 Å². The highest BCUT2D eigenvalue weighted by Gasteiger charge is 2.40. The molecule has 0 spiro atoms. The monoisotopic (exact) mass is 440 g/mol. The molecule has 0 aliphatic carbocycles. The van der Waals surface area contributed by atoms with Gasteiger partial charge in [0.1, 0.15) is 11.4 Å². The number of benzene rings is 3. The van der Waals surface area contributed by atoms with Crippen molar-refractivity contribution in [2.24, 2.45) is 0 Å². The number of hydrogen-bond acceptors (Lipinski definition) is 4. The lowest BCUT2D eigenvalue weighted by molar-refractivity contribution is -0.120. The fraction of sp³-hybridized carbons (Fsp3) is 0.214. The van der Waals surface area contributed by atoms with E-state index in [0.717, 1.165) is 5.56 Å². The summed E-state index contributed by atoms with van der Waals surface area (Å²) < 4.78 is 5.71. The molecule has 0 atom stereocenters. The third kappa shape index (κ3) is 4.40. The molecule has 4 rings (SSSR count). The number of nitrogens with zero attached hydrogens (tertiary/aromatic N) is 1. The van der Waals surface area contributed by atoms with Gasteiger partial charge in [-0.2, -0.15) is 0 Å². The maximum Gasteiger partial charge on any atom is 0.282 e. The highest BCUT2D eigenvalue weighted by Crippen LogP contribution is 2.36. The Hall–Kier alpha value is -3.86. The molecule has 0 aromatic heterocycles. The van der Waals surface area contributed by atoms with Crippen molar-refractivity contribution in [2.75, 3.05) is 16.8 Å².